The number of fused-ring (bicyclic) bond motifs is 5. The van der Waals surface area contributed by atoms with Crippen LogP contribution >= 0.6 is 0 Å². The smallest absolute Gasteiger partial charge is 0.182 e. The molecule has 9 aliphatic rings. The monoisotopic (exact) mass is 896 g/mol. The lowest BCUT2D eigenvalue weighted by molar-refractivity contribution is -0.267. The number of allylic oxidation sites excluding steroid dienone is 4. The molecule has 0 radical (unpaired) electrons. The fourth-order valence-electron chi connectivity index (χ4n) is 16.4. The summed E-state index contributed by atoms with van der Waals surface area (Å²) in [4.78, 5) is 15.4. The summed E-state index contributed by atoms with van der Waals surface area (Å²) < 4.78 is 6.97. The van der Waals surface area contributed by atoms with Crippen molar-refractivity contribution in [2.45, 2.75) is 189 Å². The molecule has 358 valence electrons. The first-order valence-corrected chi connectivity index (χ1v) is 24.8. The molecule has 0 aromatic heterocycles. The molecule has 14 nitrogen and oxygen atoms in total. The Labute approximate surface area is 378 Å². The second-order valence-electron chi connectivity index (χ2n) is 22.5. The quantitative estimate of drug-likeness (QED) is 0.140. The van der Waals surface area contributed by atoms with Crippen LogP contribution < -0.4 is 16.4 Å². The summed E-state index contributed by atoms with van der Waals surface area (Å²) >= 11 is 0. The van der Waals surface area contributed by atoms with Crippen LogP contribution in [0.1, 0.15) is 124 Å². The fourth-order valence-corrected chi connectivity index (χ4v) is 16.4. The second-order valence-corrected chi connectivity index (χ2v) is 22.5. The van der Waals surface area contributed by atoms with E-state index in [0.29, 0.717) is 18.8 Å². The van der Waals surface area contributed by atoms with E-state index in [4.69, 9.17) is 10.5 Å². The van der Waals surface area contributed by atoms with E-state index >= 15 is 4.79 Å². The average Bonchev–Trinajstić information content (AvgIpc) is 3.58. The highest BCUT2D eigenvalue weighted by Gasteiger charge is 2.79. The number of hydrogen-bond donors (Lipinski definition) is 12. The van der Waals surface area contributed by atoms with Crippen molar-refractivity contribution in [3.63, 3.8) is 0 Å². The van der Waals surface area contributed by atoms with Gasteiger partial charge in [0.1, 0.15) is 5.60 Å². The summed E-state index contributed by atoms with van der Waals surface area (Å²) in [7, 11) is 0. The molecule has 0 aromatic rings. The topological polar surface area (TPSA) is 258 Å². The van der Waals surface area contributed by atoms with Crippen molar-refractivity contribution in [2.24, 2.45) is 58.0 Å². The number of hydrogen-bond acceptors (Lipinski definition) is 14. The molecule has 1 unspecified atom stereocenters. The number of Topliss-reactive ketones (excluding diaryl/α,β-unsaturated/α-hetero) is 1. The normalized spacial score (nSPS) is 50.0. The van der Waals surface area contributed by atoms with Crippen molar-refractivity contribution in [2.75, 3.05) is 13.2 Å². The van der Waals surface area contributed by atoms with Crippen LogP contribution in [0.2, 0.25) is 0 Å². The van der Waals surface area contributed by atoms with Gasteiger partial charge in [0, 0.05) is 48.4 Å². The molecule has 64 heavy (non-hydrogen) atoms. The average molecular weight is 896 g/mol. The van der Waals surface area contributed by atoms with Gasteiger partial charge in [-0.3, -0.25) is 4.79 Å². The molecule has 13 N–H and O–H groups in total. The molecule has 9 rings (SSSR count). The van der Waals surface area contributed by atoms with Crippen molar-refractivity contribution in [1.29, 1.82) is 0 Å². The fraction of sp³-hybridized carbons (Fsp3) is 0.820. The Hall–Kier alpha value is -2.21. The van der Waals surface area contributed by atoms with E-state index in [1.807, 2.05) is 24.4 Å². The standard InChI is InChI=1S/C50H77N3O11/c1-4-6-28-8-11-31-36(12-9-28)64-44-39(31)33(56)7-5-16-50(44,63)45(3,60)37-15-18-49(62)40-41(53-24-27(2)55)42(59)32-21-34(57)35(58)23-46(32)22-29(30-10-13-38(51)52-25-30)14-17-48(61,43(40)46)26-47(37,49)19-20-54/h10,13-14,17,25,27-29,31-39,43-44,52-58,60-63H,4-9,11-12,15-16,18-24,26,51H2,1-3H3/t27-,28-,29-,31+,32-,33+,34+,35-,36+,37+,38?,39+,43-,44+,45+,46-,47+,48+,49+,50+/m0/s1. The molecule has 1 saturated heterocycles. The number of aliphatic hydroxyl groups is 9. The number of ketones is 1. The number of rotatable bonds is 10. The van der Waals surface area contributed by atoms with Crippen LogP contribution in [-0.2, 0) is 9.53 Å². The van der Waals surface area contributed by atoms with Crippen LogP contribution in [0.5, 0.6) is 0 Å². The van der Waals surface area contributed by atoms with Crippen LogP contribution in [0.3, 0.4) is 0 Å². The molecular weight excluding hydrogens is 819 g/mol. The number of ether oxygens (including phenoxy) is 1. The number of carbonyl (C=O) groups excluding carboxylic acids is 1. The van der Waals surface area contributed by atoms with Crippen LogP contribution in [0.15, 0.2) is 47.3 Å². The summed E-state index contributed by atoms with van der Waals surface area (Å²) in [5.41, 5.74) is -3.15. The summed E-state index contributed by atoms with van der Waals surface area (Å²) in [6.45, 7) is 4.90. The zero-order chi connectivity index (χ0) is 45.8. The molecule has 1 spiro atoms. The molecule has 7 aliphatic carbocycles. The van der Waals surface area contributed by atoms with E-state index in [-0.39, 0.29) is 81.2 Å². The lowest BCUT2D eigenvalue weighted by Gasteiger charge is -2.67. The molecule has 20 atom stereocenters. The Balaban J connectivity index is 1.21. The first-order chi connectivity index (χ1) is 30.3. The van der Waals surface area contributed by atoms with E-state index in [0.717, 1.165) is 44.1 Å². The van der Waals surface area contributed by atoms with Gasteiger partial charge in [0.2, 0.25) is 0 Å². The lowest BCUT2D eigenvalue weighted by Crippen LogP contribution is -2.73. The third kappa shape index (κ3) is 6.92. The maximum absolute atomic E-state index is 15.4. The van der Waals surface area contributed by atoms with Gasteiger partial charge in [0.15, 0.2) is 5.78 Å². The number of dihydropyridines is 1. The maximum atomic E-state index is 15.4. The van der Waals surface area contributed by atoms with Crippen LogP contribution in [0.4, 0.5) is 0 Å². The van der Waals surface area contributed by atoms with Crippen molar-refractivity contribution < 1.29 is 55.5 Å². The summed E-state index contributed by atoms with van der Waals surface area (Å²) in [6.07, 6.45) is 10.7. The minimum absolute atomic E-state index is 0.00364. The van der Waals surface area contributed by atoms with Crippen LogP contribution in [0, 0.1) is 52.3 Å². The molecule has 2 heterocycles. The zero-order valence-electron chi connectivity index (χ0n) is 38.1. The van der Waals surface area contributed by atoms with E-state index in [1.54, 1.807) is 19.9 Å². The Morgan fingerprint density at radius 2 is 1.78 bits per heavy atom. The SMILES string of the molecule is CCC[C@H]1CC[C@H]2[C@@H]3[C@H](O)CCC[C@](O)([C@](C)(O)[C@H]4CC[C@@]5(O)C6=C(NC[C@H](C)O)C(=O)[C@@H]7C[C@@H](O)[C@@H](O)C[C@@]78C[C@@H](C7=CNC(N)C=C7)C=C[C@@](O)(C[C@]45CCO)[C@@H]68)[C@@H]3O[C@@H]2CC1. The summed E-state index contributed by atoms with van der Waals surface area (Å²) in [5.74, 6) is -3.45. The molecule has 2 aliphatic heterocycles. The number of aliphatic hydroxyl groups excluding tert-OH is 5. The van der Waals surface area contributed by atoms with Gasteiger partial charge in [-0.1, -0.05) is 44.4 Å². The Bertz CT molecular complexity index is 1920. The third-order valence-corrected chi connectivity index (χ3v) is 19.1. The predicted octanol–water partition coefficient (Wildman–Crippen LogP) is 2.09. The Kier molecular flexibility index (Phi) is 12.3. The van der Waals surface area contributed by atoms with Gasteiger partial charge in [-0.05, 0) is 138 Å². The first kappa shape index (κ1) is 46.9. The van der Waals surface area contributed by atoms with E-state index < -0.39 is 112 Å². The lowest BCUT2D eigenvalue weighted by atomic mass is 9.39. The molecule has 14 heteroatoms. The molecule has 0 amide bonds. The molecule has 6 fully saturated rings. The minimum atomic E-state index is -2.01. The van der Waals surface area contributed by atoms with E-state index in [1.165, 1.54) is 0 Å². The number of carbonyl (C=O) groups is 1. The van der Waals surface area contributed by atoms with Gasteiger partial charge in [-0.15, -0.1) is 0 Å². The van der Waals surface area contributed by atoms with Gasteiger partial charge in [0.25, 0.3) is 0 Å². The highest BCUT2D eigenvalue weighted by Crippen LogP contribution is 2.75. The van der Waals surface area contributed by atoms with Gasteiger partial charge in [-0.25, -0.2) is 0 Å². The third-order valence-electron chi connectivity index (χ3n) is 19.1. The molecule has 0 aromatic carbocycles. The molecular formula is C50H77N3O11. The molecule has 0 bridgehead atoms. The largest absolute Gasteiger partial charge is 0.396 e. The van der Waals surface area contributed by atoms with Crippen molar-refractivity contribution in [3.05, 3.63) is 47.3 Å². The van der Waals surface area contributed by atoms with Crippen LogP contribution in [-0.4, -0.2) is 130 Å². The second kappa shape index (κ2) is 16.8. The van der Waals surface area contributed by atoms with Gasteiger partial charge in [0.05, 0.1) is 65.3 Å². The van der Waals surface area contributed by atoms with E-state index in [9.17, 15) is 46.0 Å². The molecule has 5 saturated carbocycles. The van der Waals surface area contributed by atoms with Crippen molar-refractivity contribution >= 4 is 5.78 Å². The highest BCUT2D eigenvalue weighted by molar-refractivity contribution is 6.00. The van der Waals surface area contributed by atoms with E-state index in [2.05, 4.69) is 17.6 Å². The Morgan fingerprint density at radius 3 is 2.48 bits per heavy atom. The number of nitrogens with one attached hydrogen (secondary N) is 2. The predicted molar refractivity (Wildman–Crippen MR) is 237 cm³/mol. The van der Waals surface area contributed by atoms with Gasteiger partial charge in [-0.2, -0.15) is 0 Å². The minimum Gasteiger partial charge on any atom is -0.396 e. The van der Waals surface area contributed by atoms with Crippen LogP contribution in [0.25, 0.3) is 0 Å². The Morgan fingerprint density at radius 1 is 1.02 bits per heavy atom. The van der Waals surface area contributed by atoms with Crippen molar-refractivity contribution in [1.82, 2.24) is 10.6 Å². The zero-order valence-corrected chi connectivity index (χ0v) is 38.1. The summed E-state index contributed by atoms with van der Waals surface area (Å²) in [5, 5.41) is 118. The highest BCUT2D eigenvalue weighted by atomic mass is 16.5. The van der Waals surface area contributed by atoms with Gasteiger partial charge >= 0.3 is 0 Å². The number of nitrogens with two attached hydrogens (primary N) is 1. The first-order valence-electron chi connectivity index (χ1n) is 24.8. The summed E-state index contributed by atoms with van der Waals surface area (Å²) in [6, 6.07) is 0. The van der Waals surface area contributed by atoms with Gasteiger partial charge < -0.3 is 67.1 Å². The maximum Gasteiger partial charge on any atom is 0.182 e. The van der Waals surface area contributed by atoms with Crippen molar-refractivity contribution in [3.8, 4) is 0 Å².